The van der Waals surface area contributed by atoms with Crippen LogP contribution in [0.25, 0.3) is 0 Å². The number of hydrogen-bond donors (Lipinski definition) is 1. The van der Waals surface area contributed by atoms with Gasteiger partial charge in [-0.1, -0.05) is 12.1 Å². The molecule has 0 fully saturated rings. The highest BCUT2D eigenvalue weighted by molar-refractivity contribution is 5.31. The van der Waals surface area contributed by atoms with Crippen molar-refractivity contribution < 1.29 is 4.74 Å². The Bertz CT molecular complexity index is 326. The Morgan fingerprint density at radius 2 is 2.07 bits per heavy atom. The van der Waals surface area contributed by atoms with Crippen molar-refractivity contribution in [2.75, 3.05) is 13.7 Å². The molecule has 3 heteroatoms. The molecular formula is C12H16N2O. The summed E-state index contributed by atoms with van der Waals surface area (Å²) in [7, 11) is 1.69. The molecule has 0 aliphatic carbocycles. The standard InChI is InChI=1S/C12H16N2O/c1-10(9-15-2)14-8-12-5-3-11(7-13)4-6-12/h3-6,10,14H,8-9H2,1-2H3/t10-/m1/s1. The third-order valence-corrected chi connectivity index (χ3v) is 2.15. The van der Waals surface area contributed by atoms with Crippen LogP contribution in [0.3, 0.4) is 0 Å². The van der Waals surface area contributed by atoms with Crippen LogP contribution in [0.4, 0.5) is 0 Å². The van der Waals surface area contributed by atoms with Crippen LogP contribution in [-0.2, 0) is 11.3 Å². The van der Waals surface area contributed by atoms with E-state index in [2.05, 4.69) is 18.3 Å². The highest BCUT2D eigenvalue weighted by atomic mass is 16.5. The van der Waals surface area contributed by atoms with E-state index in [9.17, 15) is 0 Å². The summed E-state index contributed by atoms with van der Waals surface area (Å²) < 4.78 is 5.02. The molecular weight excluding hydrogens is 188 g/mol. The van der Waals surface area contributed by atoms with Crippen LogP contribution in [-0.4, -0.2) is 19.8 Å². The van der Waals surface area contributed by atoms with Crippen LogP contribution in [0, 0.1) is 11.3 Å². The number of benzene rings is 1. The minimum absolute atomic E-state index is 0.339. The van der Waals surface area contributed by atoms with Gasteiger partial charge in [0.05, 0.1) is 18.2 Å². The van der Waals surface area contributed by atoms with E-state index in [4.69, 9.17) is 10.00 Å². The second kappa shape index (κ2) is 6.18. The molecule has 3 nitrogen and oxygen atoms in total. The molecule has 1 aromatic rings. The van der Waals surface area contributed by atoms with Gasteiger partial charge in [0.15, 0.2) is 0 Å². The van der Waals surface area contributed by atoms with Crippen molar-refractivity contribution >= 4 is 0 Å². The minimum atomic E-state index is 0.339. The maximum absolute atomic E-state index is 8.63. The Morgan fingerprint density at radius 1 is 1.40 bits per heavy atom. The van der Waals surface area contributed by atoms with Crippen molar-refractivity contribution in [1.82, 2.24) is 5.32 Å². The summed E-state index contributed by atoms with van der Waals surface area (Å²) in [5.41, 5.74) is 1.88. The highest BCUT2D eigenvalue weighted by Gasteiger charge is 2.00. The fraction of sp³-hybridized carbons (Fsp3) is 0.417. The topological polar surface area (TPSA) is 45.0 Å². The predicted molar refractivity (Wildman–Crippen MR) is 59.3 cm³/mol. The molecule has 0 aliphatic heterocycles. The predicted octanol–water partition coefficient (Wildman–Crippen LogP) is 1.68. The molecule has 0 aromatic heterocycles. The number of nitrogens with zero attached hydrogens (tertiary/aromatic N) is 1. The van der Waals surface area contributed by atoms with Crippen LogP contribution in [0.15, 0.2) is 24.3 Å². The fourth-order valence-electron chi connectivity index (χ4n) is 1.30. The van der Waals surface area contributed by atoms with Crippen LogP contribution >= 0.6 is 0 Å². The Morgan fingerprint density at radius 3 is 2.60 bits per heavy atom. The SMILES string of the molecule is COC[C@@H](C)NCc1ccc(C#N)cc1. The minimum Gasteiger partial charge on any atom is -0.383 e. The molecule has 0 aliphatic rings. The van der Waals surface area contributed by atoms with Crippen molar-refractivity contribution in [1.29, 1.82) is 5.26 Å². The Balaban J connectivity index is 2.41. The monoisotopic (exact) mass is 204 g/mol. The first-order valence-corrected chi connectivity index (χ1v) is 4.97. The maximum Gasteiger partial charge on any atom is 0.0991 e. The summed E-state index contributed by atoms with van der Waals surface area (Å²) in [5.74, 6) is 0. The van der Waals surface area contributed by atoms with E-state index < -0.39 is 0 Å². The number of hydrogen-bond acceptors (Lipinski definition) is 3. The molecule has 0 amide bonds. The molecule has 0 bridgehead atoms. The zero-order valence-electron chi connectivity index (χ0n) is 9.16. The molecule has 1 atom stereocenters. The largest absolute Gasteiger partial charge is 0.383 e. The quantitative estimate of drug-likeness (QED) is 0.793. The summed E-state index contributed by atoms with van der Waals surface area (Å²) in [5, 5.41) is 12.0. The van der Waals surface area contributed by atoms with E-state index in [1.807, 2.05) is 24.3 Å². The Hall–Kier alpha value is -1.37. The van der Waals surface area contributed by atoms with E-state index in [-0.39, 0.29) is 0 Å². The Kier molecular flexibility index (Phi) is 4.82. The van der Waals surface area contributed by atoms with Gasteiger partial charge < -0.3 is 10.1 Å². The van der Waals surface area contributed by atoms with Gasteiger partial charge in [0.1, 0.15) is 0 Å². The van der Waals surface area contributed by atoms with Gasteiger partial charge in [-0.2, -0.15) is 5.26 Å². The zero-order chi connectivity index (χ0) is 11.1. The van der Waals surface area contributed by atoms with Crippen molar-refractivity contribution in [3.63, 3.8) is 0 Å². The van der Waals surface area contributed by atoms with Crippen molar-refractivity contribution in [2.24, 2.45) is 0 Å². The summed E-state index contributed by atoms with van der Waals surface area (Å²) >= 11 is 0. The second-order valence-electron chi connectivity index (χ2n) is 3.55. The summed E-state index contributed by atoms with van der Waals surface area (Å²) in [6.07, 6.45) is 0. The lowest BCUT2D eigenvalue weighted by atomic mass is 10.1. The third kappa shape index (κ3) is 4.11. The second-order valence-corrected chi connectivity index (χ2v) is 3.55. The van der Waals surface area contributed by atoms with Crippen LogP contribution in [0.1, 0.15) is 18.1 Å². The van der Waals surface area contributed by atoms with Crippen LogP contribution < -0.4 is 5.32 Å². The molecule has 0 saturated carbocycles. The molecule has 1 aromatic carbocycles. The van der Waals surface area contributed by atoms with Gasteiger partial charge in [-0.15, -0.1) is 0 Å². The number of methoxy groups -OCH3 is 1. The average molecular weight is 204 g/mol. The zero-order valence-corrected chi connectivity index (χ0v) is 9.16. The fourth-order valence-corrected chi connectivity index (χ4v) is 1.30. The first-order valence-electron chi connectivity index (χ1n) is 4.97. The van der Waals surface area contributed by atoms with E-state index >= 15 is 0 Å². The van der Waals surface area contributed by atoms with Crippen LogP contribution in [0.2, 0.25) is 0 Å². The molecule has 1 N–H and O–H groups in total. The Labute approximate surface area is 90.7 Å². The normalized spacial score (nSPS) is 12.1. The van der Waals surface area contributed by atoms with Gasteiger partial charge in [-0.3, -0.25) is 0 Å². The molecule has 1 rings (SSSR count). The summed E-state index contributed by atoms with van der Waals surface area (Å²) in [6, 6.07) is 10.0. The molecule has 0 radical (unpaired) electrons. The van der Waals surface area contributed by atoms with Gasteiger partial charge in [-0.25, -0.2) is 0 Å². The third-order valence-electron chi connectivity index (χ3n) is 2.15. The molecule has 0 heterocycles. The molecule has 0 spiro atoms. The first kappa shape index (κ1) is 11.7. The van der Waals surface area contributed by atoms with Gasteiger partial charge in [0.25, 0.3) is 0 Å². The molecule has 80 valence electrons. The van der Waals surface area contributed by atoms with Gasteiger partial charge >= 0.3 is 0 Å². The summed E-state index contributed by atoms with van der Waals surface area (Å²) in [6.45, 7) is 3.58. The van der Waals surface area contributed by atoms with E-state index in [0.29, 0.717) is 18.2 Å². The van der Waals surface area contributed by atoms with E-state index in [0.717, 1.165) is 6.54 Å². The van der Waals surface area contributed by atoms with Gasteiger partial charge in [0.2, 0.25) is 0 Å². The number of ether oxygens (including phenoxy) is 1. The highest BCUT2D eigenvalue weighted by Crippen LogP contribution is 2.03. The van der Waals surface area contributed by atoms with E-state index in [1.54, 1.807) is 7.11 Å². The lowest BCUT2D eigenvalue weighted by Crippen LogP contribution is -2.29. The van der Waals surface area contributed by atoms with Gasteiger partial charge in [-0.05, 0) is 24.6 Å². The van der Waals surface area contributed by atoms with Crippen LogP contribution in [0.5, 0.6) is 0 Å². The smallest absolute Gasteiger partial charge is 0.0991 e. The van der Waals surface area contributed by atoms with E-state index in [1.165, 1.54) is 5.56 Å². The maximum atomic E-state index is 8.63. The molecule has 0 unspecified atom stereocenters. The first-order chi connectivity index (χ1) is 7.26. The lowest BCUT2D eigenvalue weighted by molar-refractivity contribution is 0.171. The van der Waals surface area contributed by atoms with Crippen molar-refractivity contribution in [3.8, 4) is 6.07 Å². The molecule has 15 heavy (non-hydrogen) atoms. The van der Waals surface area contributed by atoms with Gasteiger partial charge in [0, 0.05) is 19.7 Å². The number of nitriles is 1. The summed E-state index contributed by atoms with van der Waals surface area (Å²) in [4.78, 5) is 0. The van der Waals surface area contributed by atoms with Crippen molar-refractivity contribution in [2.45, 2.75) is 19.5 Å². The molecule has 0 saturated heterocycles. The average Bonchev–Trinajstić information content (AvgIpc) is 2.27. The van der Waals surface area contributed by atoms with Crippen molar-refractivity contribution in [3.05, 3.63) is 35.4 Å². The lowest BCUT2D eigenvalue weighted by Gasteiger charge is -2.12. The number of nitrogens with one attached hydrogen (secondary N) is 1. The number of rotatable bonds is 5.